The molecule has 1 fully saturated rings. The second-order valence-electron chi connectivity index (χ2n) is 6.81. The van der Waals surface area contributed by atoms with Crippen LogP contribution in [0.4, 0.5) is 0 Å². The van der Waals surface area contributed by atoms with Crippen molar-refractivity contribution < 1.29 is 9.53 Å². The zero-order valence-electron chi connectivity index (χ0n) is 15.5. The van der Waals surface area contributed by atoms with Crippen LogP contribution in [-0.4, -0.2) is 38.1 Å². The third-order valence-corrected chi connectivity index (χ3v) is 3.91. The summed E-state index contributed by atoms with van der Waals surface area (Å²) in [5.41, 5.74) is 1.08. The summed E-state index contributed by atoms with van der Waals surface area (Å²) in [4.78, 5) is 15.9. The molecule has 1 saturated carbocycles. The molecule has 6 nitrogen and oxygen atoms in total. The lowest BCUT2D eigenvalue weighted by atomic mass is 10.1. The Morgan fingerprint density at radius 3 is 2.80 bits per heavy atom. The summed E-state index contributed by atoms with van der Waals surface area (Å²) in [5.74, 6) is 2.10. The summed E-state index contributed by atoms with van der Waals surface area (Å²) in [6.45, 7) is 6.01. The lowest BCUT2D eigenvalue weighted by molar-refractivity contribution is -0.123. The van der Waals surface area contributed by atoms with E-state index in [-0.39, 0.29) is 12.5 Å². The minimum Gasteiger partial charge on any atom is -0.484 e. The molecule has 0 aromatic heterocycles. The molecule has 0 heterocycles. The lowest BCUT2D eigenvalue weighted by Crippen LogP contribution is -2.37. The van der Waals surface area contributed by atoms with Crippen LogP contribution in [0.1, 0.15) is 38.7 Å². The van der Waals surface area contributed by atoms with Crippen molar-refractivity contribution in [2.24, 2.45) is 10.9 Å². The number of ether oxygens (including phenoxy) is 1. The highest BCUT2D eigenvalue weighted by Gasteiger charge is 2.23. The van der Waals surface area contributed by atoms with E-state index in [0.29, 0.717) is 24.3 Å². The van der Waals surface area contributed by atoms with Crippen molar-refractivity contribution in [1.82, 2.24) is 16.0 Å². The molecule has 1 aliphatic rings. The molecule has 0 spiro atoms. The van der Waals surface area contributed by atoms with E-state index in [0.717, 1.165) is 37.3 Å². The van der Waals surface area contributed by atoms with Crippen LogP contribution < -0.4 is 20.7 Å². The van der Waals surface area contributed by atoms with E-state index in [1.165, 1.54) is 0 Å². The third kappa shape index (κ3) is 7.92. The summed E-state index contributed by atoms with van der Waals surface area (Å²) >= 11 is 0. The molecular formula is C19H30N4O2. The van der Waals surface area contributed by atoms with Crippen LogP contribution in [0.3, 0.4) is 0 Å². The quantitative estimate of drug-likeness (QED) is 0.473. The average Bonchev–Trinajstić information content (AvgIpc) is 3.40. The van der Waals surface area contributed by atoms with E-state index < -0.39 is 0 Å². The number of rotatable bonds is 9. The second-order valence-corrected chi connectivity index (χ2v) is 6.81. The number of carbonyl (C=O) groups excluding carboxylic acids is 1. The zero-order valence-corrected chi connectivity index (χ0v) is 15.5. The molecule has 0 aliphatic heterocycles. The average molecular weight is 346 g/mol. The number of guanidine groups is 1. The van der Waals surface area contributed by atoms with Gasteiger partial charge < -0.3 is 20.7 Å². The van der Waals surface area contributed by atoms with Gasteiger partial charge in [0.05, 0.1) is 0 Å². The number of amides is 1. The SMILES string of the molecule is CN=C(NCCC(C)C)NCc1cccc(OCC(=O)NC2CC2)c1. The molecule has 0 unspecified atom stereocenters. The number of benzene rings is 1. The largest absolute Gasteiger partial charge is 0.484 e. The Balaban J connectivity index is 1.74. The van der Waals surface area contributed by atoms with E-state index in [4.69, 9.17) is 4.74 Å². The molecule has 2 rings (SSSR count). The third-order valence-electron chi connectivity index (χ3n) is 3.91. The van der Waals surface area contributed by atoms with Gasteiger partial charge in [-0.05, 0) is 42.9 Å². The van der Waals surface area contributed by atoms with Crippen LogP contribution in [0, 0.1) is 5.92 Å². The van der Waals surface area contributed by atoms with E-state index in [9.17, 15) is 4.79 Å². The molecule has 25 heavy (non-hydrogen) atoms. The van der Waals surface area contributed by atoms with Crippen LogP contribution in [0.15, 0.2) is 29.3 Å². The van der Waals surface area contributed by atoms with Gasteiger partial charge in [-0.25, -0.2) is 0 Å². The molecule has 3 N–H and O–H groups in total. The molecule has 6 heteroatoms. The Bertz CT molecular complexity index is 583. The van der Waals surface area contributed by atoms with Gasteiger partial charge in [0.1, 0.15) is 5.75 Å². The number of aliphatic imine (C=N–C) groups is 1. The van der Waals surface area contributed by atoms with Crippen molar-refractivity contribution in [2.75, 3.05) is 20.2 Å². The predicted octanol–water partition coefficient (Wildman–Crippen LogP) is 2.06. The molecule has 0 atom stereocenters. The van der Waals surface area contributed by atoms with Gasteiger partial charge in [0.25, 0.3) is 5.91 Å². The molecule has 1 aliphatic carbocycles. The van der Waals surface area contributed by atoms with Crippen molar-refractivity contribution in [2.45, 2.75) is 45.7 Å². The van der Waals surface area contributed by atoms with E-state index in [1.54, 1.807) is 7.05 Å². The van der Waals surface area contributed by atoms with Crippen LogP contribution in [-0.2, 0) is 11.3 Å². The molecule has 1 aromatic rings. The minimum atomic E-state index is -0.0548. The molecular weight excluding hydrogens is 316 g/mol. The number of nitrogens with one attached hydrogen (secondary N) is 3. The normalized spacial score (nSPS) is 14.3. The first-order chi connectivity index (χ1) is 12.1. The van der Waals surface area contributed by atoms with Gasteiger partial charge in [0.2, 0.25) is 0 Å². The summed E-state index contributed by atoms with van der Waals surface area (Å²) in [6.07, 6.45) is 3.27. The first-order valence-corrected chi connectivity index (χ1v) is 9.02. The molecule has 138 valence electrons. The number of hydrogen-bond donors (Lipinski definition) is 3. The maximum Gasteiger partial charge on any atom is 0.258 e. The van der Waals surface area contributed by atoms with E-state index in [1.807, 2.05) is 24.3 Å². The lowest BCUT2D eigenvalue weighted by Gasteiger charge is -2.13. The first-order valence-electron chi connectivity index (χ1n) is 9.02. The predicted molar refractivity (Wildman–Crippen MR) is 101 cm³/mol. The first kappa shape index (κ1) is 19.1. The number of carbonyl (C=O) groups is 1. The molecule has 0 bridgehead atoms. The fraction of sp³-hybridized carbons (Fsp3) is 0.579. The summed E-state index contributed by atoms with van der Waals surface area (Å²) in [5, 5.41) is 9.51. The van der Waals surface area contributed by atoms with Gasteiger partial charge in [-0.3, -0.25) is 9.79 Å². The van der Waals surface area contributed by atoms with Crippen molar-refractivity contribution in [3.63, 3.8) is 0 Å². The van der Waals surface area contributed by atoms with Crippen LogP contribution in [0.25, 0.3) is 0 Å². The maximum absolute atomic E-state index is 11.7. The highest BCUT2D eigenvalue weighted by atomic mass is 16.5. The van der Waals surface area contributed by atoms with Gasteiger partial charge in [-0.2, -0.15) is 0 Å². The number of hydrogen-bond acceptors (Lipinski definition) is 3. The maximum atomic E-state index is 11.7. The van der Waals surface area contributed by atoms with Gasteiger partial charge in [-0.15, -0.1) is 0 Å². The van der Waals surface area contributed by atoms with E-state index in [2.05, 4.69) is 34.8 Å². The highest BCUT2D eigenvalue weighted by Crippen LogP contribution is 2.18. The molecule has 0 saturated heterocycles. The van der Waals surface area contributed by atoms with Gasteiger partial charge >= 0.3 is 0 Å². The summed E-state index contributed by atoms with van der Waals surface area (Å²) in [6, 6.07) is 8.12. The van der Waals surface area contributed by atoms with Crippen LogP contribution in [0.2, 0.25) is 0 Å². The number of nitrogens with zero attached hydrogens (tertiary/aromatic N) is 1. The Morgan fingerprint density at radius 2 is 2.12 bits per heavy atom. The van der Waals surface area contributed by atoms with Gasteiger partial charge in [0, 0.05) is 26.2 Å². The Kier molecular flexibility index (Phi) is 7.57. The van der Waals surface area contributed by atoms with Crippen molar-refractivity contribution in [3.8, 4) is 5.75 Å². The highest BCUT2D eigenvalue weighted by molar-refractivity contribution is 5.79. The minimum absolute atomic E-state index is 0.0548. The summed E-state index contributed by atoms with van der Waals surface area (Å²) in [7, 11) is 1.77. The Labute approximate surface area is 150 Å². The Hall–Kier alpha value is -2.24. The van der Waals surface area contributed by atoms with Crippen molar-refractivity contribution >= 4 is 11.9 Å². The molecule has 0 radical (unpaired) electrons. The molecule has 1 aromatic carbocycles. The fourth-order valence-corrected chi connectivity index (χ4v) is 2.28. The summed E-state index contributed by atoms with van der Waals surface area (Å²) < 4.78 is 5.58. The standard InChI is InChI=1S/C19H30N4O2/c1-14(2)9-10-21-19(20-3)22-12-15-5-4-6-17(11-15)25-13-18(24)23-16-7-8-16/h4-6,11,14,16H,7-10,12-13H2,1-3H3,(H,23,24)(H2,20,21,22). The fourth-order valence-electron chi connectivity index (χ4n) is 2.28. The molecule has 1 amide bonds. The van der Waals surface area contributed by atoms with E-state index >= 15 is 0 Å². The zero-order chi connectivity index (χ0) is 18.1. The van der Waals surface area contributed by atoms with Crippen molar-refractivity contribution in [1.29, 1.82) is 0 Å². The monoisotopic (exact) mass is 346 g/mol. The smallest absolute Gasteiger partial charge is 0.258 e. The second kappa shape index (κ2) is 9.91. The van der Waals surface area contributed by atoms with Gasteiger partial charge in [-0.1, -0.05) is 26.0 Å². The van der Waals surface area contributed by atoms with Gasteiger partial charge in [0.15, 0.2) is 12.6 Å². The van der Waals surface area contributed by atoms with Crippen LogP contribution >= 0.6 is 0 Å². The van der Waals surface area contributed by atoms with Crippen molar-refractivity contribution in [3.05, 3.63) is 29.8 Å². The van der Waals surface area contributed by atoms with Crippen LogP contribution in [0.5, 0.6) is 5.75 Å². The topological polar surface area (TPSA) is 74.8 Å². The Morgan fingerprint density at radius 1 is 1.32 bits per heavy atom.